The number of nitrogens with two attached hydrogens (primary N) is 1. The molecule has 1 heterocycles. The fraction of sp³-hybridized carbons (Fsp3) is 0.143. The van der Waals surface area contributed by atoms with Crippen molar-refractivity contribution >= 4 is 28.9 Å². The maximum absolute atomic E-state index is 11.5. The van der Waals surface area contributed by atoms with Gasteiger partial charge in [-0.1, -0.05) is 11.6 Å². The lowest BCUT2D eigenvalue weighted by molar-refractivity contribution is 0.1000. The molecule has 0 unspecified atom stereocenters. The van der Waals surface area contributed by atoms with Crippen LogP contribution in [0.5, 0.6) is 0 Å². The van der Waals surface area contributed by atoms with Crippen LogP contribution in [0.25, 0.3) is 0 Å². The Morgan fingerprint density at radius 3 is 2.45 bits per heavy atom. The van der Waals surface area contributed by atoms with Crippen molar-refractivity contribution < 1.29 is 4.79 Å². The quantitative estimate of drug-likeness (QED) is 0.756. The molecule has 1 amide bonds. The molecule has 2 aromatic rings. The number of nitrogens with zero attached hydrogens (tertiary/aromatic N) is 1. The van der Waals surface area contributed by atoms with Crippen molar-refractivity contribution in [3.63, 3.8) is 0 Å². The first-order valence-corrected chi connectivity index (χ1v) is 6.41. The van der Waals surface area contributed by atoms with E-state index >= 15 is 0 Å². The molecule has 0 saturated heterocycles. The van der Waals surface area contributed by atoms with Crippen LogP contribution in [0, 0.1) is 13.8 Å². The van der Waals surface area contributed by atoms with Crippen LogP contribution >= 0.6 is 11.6 Å². The van der Waals surface area contributed by atoms with Crippen molar-refractivity contribution in [2.45, 2.75) is 13.8 Å². The summed E-state index contributed by atoms with van der Waals surface area (Å²) in [5.41, 5.74) is 14.5. The van der Waals surface area contributed by atoms with E-state index in [2.05, 4.69) is 15.8 Å². The zero-order valence-electron chi connectivity index (χ0n) is 11.2. The smallest absolute Gasteiger partial charge is 0.252 e. The molecular weight excluding hydrogens is 276 g/mol. The standard InChI is InChI=1S/C14H15ClN4O/c1-8-7-12(13(14(16)20)9(2)17-8)19-18-11-5-3-10(15)4-6-11/h3-7,18H,1-2H3,(H2,16,20)(H,17,19). The second-order valence-corrected chi connectivity index (χ2v) is 4.83. The zero-order chi connectivity index (χ0) is 14.7. The Morgan fingerprint density at radius 2 is 1.85 bits per heavy atom. The van der Waals surface area contributed by atoms with Gasteiger partial charge in [0.2, 0.25) is 0 Å². The van der Waals surface area contributed by atoms with Gasteiger partial charge in [-0.25, -0.2) is 0 Å². The lowest BCUT2D eigenvalue weighted by Crippen LogP contribution is -2.19. The van der Waals surface area contributed by atoms with E-state index < -0.39 is 5.91 Å². The summed E-state index contributed by atoms with van der Waals surface area (Å²) >= 11 is 5.82. The minimum absolute atomic E-state index is 0.372. The summed E-state index contributed by atoms with van der Waals surface area (Å²) in [6.07, 6.45) is 0. The van der Waals surface area contributed by atoms with Crippen molar-refractivity contribution in [1.82, 2.24) is 4.98 Å². The van der Waals surface area contributed by atoms with Gasteiger partial charge in [0.25, 0.3) is 5.91 Å². The minimum Gasteiger partial charge on any atom is -0.365 e. The normalized spacial score (nSPS) is 10.2. The number of hydrazine groups is 1. The van der Waals surface area contributed by atoms with Crippen LogP contribution in [-0.4, -0.2) is 10.9 Å². The molecule has 6 heteroatoms. The first kappa shape index (κ1) is 14.1. The van der Waals surface area contributed by atoms with Gasteiger partial charge in [0.1, 0.15) is 0 Å². The molecule has 0 fully saturated rings. The first-order valence-electron chi connectivity index (χ1n) is 6.03. The van der Waals surface area contributed by atoms with Gasteiger partial charge in [0, 0.05) is 10.7 Å². The van der Waals surface area contributed by atoms with Crippen LogP contribution in [-0.2, 0) is 0 Å². The maximum Gasteiger partial charge on any atom is 0.252 e. The highest BCUT2D eigenvalue weighted by atomic mass is 35.5. The van der Waals surface area contributed by atoms with E-state index in [4.69, 9.17) is 17.3 Å². The zero-order valence-corrected chi connectivity index (χ0v) is 12.0. The highest BCUT2D eigenvalue weighted by Crippen LogP contribution is 2.20. The van der Waals surface area contributed by atoms with Crippen LogP contribution in [0.15, 0.2) is 30.3 Å². The van der Waals surface area contributed by atoms with E-state index in [1.165, 1.54) is 0 Å². The van der Waals surface area contributed by atoms with Gasteiger partial charge >= 0.3 is 0 Å². The van der Waals surface area contributed by atoms with Crippen molar-refractivity contribution in [2.24, 2.45) is 5.73 Å². The molecule has 0 aliphatic rings. The van der Waals surface area contributed by atoms with Crippen molar-refractivity contribution in [2.75, 3.05) is 10.9 Å². The Morgan fingerprint density at radius 1 is 1.20 bits per heavy atom. The molecule has 0 radical (unpaired) electrons. The molecule has 0 bridgehead atoms. The Bertz CT molecular complexity index is 640. The van der Waals surface area contributed by atoms with Crippen molar-refractivity contribution in [3.8, 4) is 0 Å². The lowest BCUT2D eigenvalue weighted by Gasteiger charge is -2.14. The number of aromatic nitrogens is 1. The molecule has 0 aliphatic carbocycles. The molecule has 4 N–H and O–H groups in total. The average molecular weight is 291 g/mol. The predicted octanol–water partition coefficient (Wildman–Crippen LogP) is 2.89. The number of carbonyl (C=O) groups is 1. The largest absolute Gasteiger partial charge is 0.365 e. The van der Waals surface area contributed by atoms with E-state index in [-0.39, 0.29) is 0 Å². The number of halogens is 1. The number of amides is 1. The van der Waals surface area contributed by atoms with Gasteiger partial charge in [0.15, 0.2) is 0 Å². The van der Waals surface area contributed by atoms with E-state index in [1.807, 2.05) is 19.1 Å². The molecule has 0 spiro atoms. The number of hydrogen-bond acceptors (Lipinski definition) is 4. The molecule has 0 atom stereocenters. The number of hydrogen-bond donors (Lipinski definition) is 3. The predicted molar refractivity (Wildman–Crippen MR) is 80.9 cm³/mol. The van der Waals surface area contributed by atoms with Gasteiger partial charge in [-0.2, -0.15) is 0 Å². The van der Waals surface area contributed by atoms with E-state index in [9.17, 15) is 4.79 Å². The fourth-order valence-corrected chi connectivity index (χ4v) is 2.04. The Kier molecular flexibility index (Phi) is 4.10. The van der Waals surface area contributed by atoms with Gasteiger partial charge in [0.05, 0.1) is 22.6 Å². The van der Waals surface area contributed by atoms with Gasteiger partial charge in [-0.05, 0) is 44.2 Å². The molecule has 1 aromatic heterocycles. The summed E-state index contributed by atoms with van der Waals surface area (Å²) in [7, 11) is 0. The summed E-state index contributed by atoms with van der Waals surface area (Å²) < 4.78 is 0. The first-order chi connectivity index (χ1) is 9.47. The molecule has 5 nitrogen and oxygen atoms in total. The Balaban J connectivity index is 2.24. The highest BCUT2D eigenvalue weighted by Gasteiger charge is 2.13. The monoisotopic (exact) mass is 290 g/mol. The van der Waals surface area contributed by atoms with Crippen molar-refractivity contribution in [3.05, 3.63) is 52.3 Å². The van der Waals surface area contributed by atoms with E-state index in [1.54, 1.807) is 25.1 Å². The molecule has 0 aliphatic heterocycles. The van der Waals surface area contributed by atoms with Crippen LogP contribution in [0.3, 0.4) is 0 Å². The minimum atomic E-state index is -0.518. The Labute approximate surface area is 122 Å². The summed E-state index contributed by atoms with van der Waals surface area (Å²) in [6.45, 7) is 3.60. The highest BCUT2D eigenvalue weighted by molar-refractivity contribution is 6.30. The molecule has 1 aromatic carbocycles. The summed E-state index contributed by atoms with van der Waals surface area (Å²) in [4.78, 5) is 15.7. The average Bonchev–Trinajstić information content (AvgIpc) is 2.36. The summed E-state index contributed by atoms with van der Waals surface area (Å²) in [6, 6.07) is 8.93. The van der Waals surface area contributed by atoms with Crippen LogP contribution in [0.1, 0.15) is 21.7 Å². The van der Waals surface area contributed by atoms with E-state index in [0.717, 1.165) is 11.4 Å². The third-order valence-electron chi connectivity index (χ3n) is 2.76. The topological polar surface area (TPSA) is 80.0 Å². The number of primary amides is 1. The second kappa shape index (κ2) is 5.79. The summed E-state index contributed by atoms with van der Waals surface area (Å²) in [5, 5.41) is 0.656. The van der Waals surface area contributed by atoms with Crippen LogP contribution < -0.4 is 16.6 Å². The van der Waals surface area contributed by atoms with Gasteiger partial charge in [-0.3, -0.25) is 15.2 Å². The van der Waals surface area contributed by atoms with Gasteiger partial charge < -0.3 is 11.2 Å². The maximum atomic E-state index is 11.5. The number of pyridine rings is 1. The third-order valence-corrected chi connectivity index (χ3v) is 3.01. The fourth-order valence-electron chi connectivity index (χ4n) is 1.91. The molecule has 0 saturated carbocycles. The van der Waals surface area contributed by atoms with E-state index in [0.29, 0.717) is 22.0 Å². The number of nitrogens with one attached hydrogen (secondary N) is 2. The van der Waals surface area contributed by atoms with Crippen molar-refractivity contribution in [1.29, 1.82) is 0 Å². The van der Waals surface area contributed by atoms with Crippen LogP contribution in [0.2, 0.25) is 5.02 Å². The molecule has 20 heavy (non-hydrogen) atoms. The number of rotatable bonds is 4. The molecule has 2 rings (SSSR count). The van der Waals surface area contributed by atoms with Crippen LogP contribution in [0.4, 0.5) is 11.4 Å². The number of anilines is 2. The Hall–Kier alpha value is -2.27. The number of benzene rings is 1. The number of aryl methyl sites for hydroxylation is 2. The second-order valence-electron chi connectivity index (χ2n) is 4.39. The summed E-state index contributed by atoms with van der Waals surface area (Å²) in [5.74, 6) is -0.518. The molecule has 104 valence electrons. The van der Waals surface area contributed by atoms with Gasteiger partial charge in [-0.15, -0.1) is 0 Å². The molecular formula is C14H15ClN4O. The lowest BCUT2D eigenvalue weighted by atomic mass is 10.1. The third kappa shape index (κ3) is 3.19. The number of carbonyl (C=O) groups excluding carboxylic acids is 1. The SMILES string of the molecule is Cc1cc(NNc2ccc(Cl)cc2)c(C(N)=O)c(C)n1.